The fraction of sp³-hybridized carbons (Fsp3) is 0.263. The van der Waals surface area contributed by atoms with Crippen LogP contribution in [0.5, 0.6) is 0 Å². The maximum absolute atomic E-state index is 6.34. The summed E-state index contributed by atoms with van der Waals surface area (Å²) in [5, 5.41) is 3.05. The Morgan fingerprint density at radius 3 is 2.38 bits per heavy atom. The van der Waals surface area contributed by atoms with Gasteiger partial charge in [-0.15, -0.1) is 0 Å². The lowest BCUT2D eigenvalue weighted by atomic mass is 9.91. The zero-order chi connectivity index (χ0) is 15.1. The normalized spacial score (nSPS) is 14.4. The van der Waals surface area contributed by atoms with Crippen molar-refractivity contribution in [3.05, 3.63) is 59.6 Å². The van der Waals surface area contributed by atoms with Crippen LogP contribution in [0.25, 0.3) is 22.2 Å². The minimum absolute atomic E-state index is 0.660. The van der Waals surface area contributed by atoms with Crippen LogP contribution < -0.4 is 0 Å². The van der Waals surface area contributed by atoms with E-state index in [0.717, 1.165) is 34.8 Å². The first-order valence-electron chi connectivity index (χ1n) is 7.38. The summed E-state index contributed by atoms with van der Waals surface area (Å²) in [4.78, 5) is 2.24. The average molecular weight is 298 g/mol. The summed E-state index contributed by atoms with van der Waals surface area (Å²) in [6.45, 7) is 14.0. The van der Waals surface area contributed by atoms with Crippen molar-refractivity contribution < 1.29 is 0 Å². The van der Waals surface area contributed by atoms with Crippen LogP contribution in [0.2, 0.25) is 5.02 Å². The second kappa shape index (κ2) is 5.23. The quantitative estimate of drug-likeness (QED) is 0.692. The third kappa shape index (κ3) is 2.26. The number of hydrogen-bond acceptors (Lipinski definition) is 1. The number of benzene rings is 2. The molecule has 21 heavy (non-hydrogen) atoms. The van der Waals surface area contributed by atoms with Gasteiger partial charge >= 0.3 is 0 Å². The standard InChI is InChI=1S/C19H20ClN/c1-12(2)10-11-21-13(3)15-6-5-7-17-18(20)9-8-16(14(21)4)19(15)17/h5-9,12H,3-4,10-11H2,1-2H3. The van der Waals surface area contributed by atoms with Crippen molar-refractivity contribution in [3.8, 4) is 0 Å². The largest absolute Gasteiger partial charge is 0.341 e. The van der Waals surface area contributed by atoms with E-state index in [2.05, 4.69) is 50.1 Å². The summed E-state index contributed by atoms with van der Waals surface area (Å²) < 4.78 is 0. The molecule has 0 amide bonds. The van der Waals surface area contributed by atoms with Crippen LogP contribution in [0.1, 0.15) is 31.4 Å². The van der Waals surface area contributed by atoms with Crippen LogP contribution in [0, 0.1) is 5.92 Å². The van der Waals surface area contributed by atoms with Crippen LogP contribution in [0.3, 0.4) is 0 Å². The molecular weight excluding hydrogens is 278 g/mol. The molecule has 1 aliphatic rings. The number of hydrogen-bond donors (Lipinski definition) is 0. The predicted octanol–water partition coefficient (Wildman–Crippen LogP) is 5.80. The summed E-state index contributed by atoms with van der Waals surface area (Å²) in [5.74, 6) is 0.660. The smallest absolute Gasteiger partial charge is 0.0485 e. The van der Waals surface area contributed by atoms with Gasteiger partial charge in [0.15, 0.2) is 0 Å². The van der Waals surface area contributed by atoms with Gasteiger partial charge in [0.05, 0.1) is 0 Å². The molecule has 0 fully saturated rings. The van der Waals surface area contributed by atoms with Gasteiger partial charge in [-0.2, -0.15) is 0 Å². The first kappa shape index (κ1) is 14.2. The van der Waals surface area contributed by atoms with Crippen molar-refractivity contribution in [2.45, 2.75) is 20.3 Å². The molecule has 108 valence electrons. The van der Waals surface area contributed by atoms with Gasteiger partial charge in [-0.25, -0.2) is 0 Å². The van der Waals surface area contributed by atoms with E-state index in [1.807, 2.05) is 12.1 Å². The molecule has 2 aromatic rings. The highest BCUT2D eigenvalue weighted by atomic mass is 35.5. The van der Waals surface area contributed by atoms with Crippen LogP contribution in [0.15, 0.2) is 43.5 Å². The highest BCUT2D eigenvalue weighted by molar-refractivity contribution is 6.36. The zero-order valence-corrected chi connectivity index (χ0v) is 13.4. The summed E-state index contributed by atoms with van der Waals surface area (Å²) in [6.07, 6.45) is 1.12. The predicted molar refractivity (Wildman–Crippen MR) is 93.2 cm³/mol. The maximum atomic E-state index is 6.34. The molecule has 1 heterocycles. The Bertz CT molecular complexity index is 720. The van der Waals surface area contributed by atoms with Gasteiger partial charge < -0.3 is 4.90 Å². The van der Waals surface area contributed by atoms with Crippen molar-refractivity contribution in [1.82, 2.24) is 4.90 Å². The third-order valence-electron chi connectivity index (χ3n) is 4.19. The van der Waals surface area contributed by atoms with E-state index in [1.165, 1.54) is 16.5 Å². The van der Waals surface area contributed by atoms with E-state index in [1.54, 1.807) is 0 Å². The lowest BCUT2D eigenvalue weighted by molar-refractivity contribution is 0.466. The molecule has 0 aromatic heterocycles. The van der Waals surface area contributed by atoms with Crippen LogP contribution in [-0.2, 0) is 0 Å². The van der Waals surface area contributed by atoms with Crippen molar-refractivity contribution in [2.24, 2.45) is 5.92 Å². The lowest BCUT2D eigenvalue weighted by Crippen LogP contribution is -2.25. The number of rotatable bonds is 3. The topological polar surface area (TPSA) is 3.24 Å². The van der Waals surface area contributed by atoms with E-state index in [9.17, 15) is 0 Å². The highest BCUT2D eigenvalue weighted by Crippen LogP contribution is 2.42. The zero-order valence-electron chi connectivity index (χ0n) is 12.6. The van der Waals surface area contributed by atoms with Crippen LogP contribution >= 0.6 is 11.6 Å². The minimum Gasteiger partial charge on any atom is -0.341 e. The highest BCUT2D eigenvalue weighted by Gasteiger charge is 2.25. The lowest BCUT2D eigenvalue weighted by Gasteiger charge is -2.35. The Hall–Kier alpha value is -1.73. The van der Waals surface area contributed by atoms with Gasteiger partial charge in [-0.05, 0) is 18.4 Å². The van der Waals surface area contributed by atoms with Gasteiger partial charge in [0.1, 0.15) is 0 Å². The first-order valence-corrected chi connectivity index (χ1v) is 7.76. The Morgan fingerprint density at radius 2 is 1.71 bits per heavy atom. The molecule has 0 saturated carbocycles. The number of nitrogens with zero attached hydrogens (tertiary/aromatic N) is 1. The molecule has 0 aliphatic carbocycles. The second-order valence-electron chi connectivity index (χ2n) is 6.05. The summed E-state index contributed by atoms with van der Waals surface area (Å²) in [7, 11) is 0. The molecule has 0 atom stereocenters. The van der Waals surface area contributed by atoms with Crippen LogP contribution in [0.4, 0.5) is 0 Å². The monoisotopic (exact) mass is 297 g/mol. The summed E-state index contributed by atoms with van der Waals surface area (Å²) in [6, 6.07) is 10.3. The third-order valence-corrected chi connectivity index (χ3v) is 4.52. The Morgan fingerprint density at radius 1 is 1.05 bits per heavy atom. The van der Waals surface area contributed by atoms with Crippen molar-refractivity contribution in [1.29, 1.82) is 0 Å². The average Bonchev–Trinajstić information content (AvgIpc) is 2.45. The molecule has 0 bridgehead atoms. The molecule has 0 spiro atoms. The Balaban J connectivity index is 2.15. The van der Waals surface area contributed by atoms with Gasteiger partial charge in [-0.3, -0.25) is 0 Å². The molecule has 2 heteroatoms. The summed E-state index contributed by atoms with van der Waals surface area (Å²) in [5.41, 5.74) is 4.39. The molecule has 0 unspecified atom stereocenters. The molecule has 3 rings (SSSR count). The van der Waals surface area contributed by atoms with E-state index >= 15 is 0 Å². The molecule has 0 saturated heterocycles. The Labute approximate surface area is 131 Å². The van der Waals surface area contributed by atoms with E-state index in [4.69, 9.17) is 11.6 Å². The Kier molecular flexibility index (Phi) is 3.54. The van der Waals surface area contributed by atoms with Gasteiger partial charge in [-0.1, -0.05) is 62.9 Å². The van der Waals surface area contributed by atoms with Crippen molar-refractivity contribution in [3.63, 3.8) is 0 Å². The molecular formula is C19H20ClN. The molecule has 1 aliphatic heterocycles. The van der Waals surface area contributed by atoms with Gasteiger partial charge in [0, 0.05) is 44.9 Å². The van der Waals surface area contributed by atoms with Crippen molar-refractivity contribution >= 4 is 33.8 Å². The maximum Gasteiger partial charge on any atom is 0.0485 e. The fourth-order valence-corrected chi connectivity index (χ4v) is 3.18. The number of halogens is 1. The van der Waals surface area contributed by atoms with E-state index < -0.39 is 0 Å². The molecule has 0 radical (unpaired) electrons. The second-order valence-corrected chi connectivity index (χ2v) is 6.46. The molecule has 0 N–H and O–H groups in total. The molecule has 2 aromatic carbocycles. The van der Waals surface area contributed by atoms with Gasteiger partial charge in [0.2, 0.25) is 0 Å². The SMILES string of the molecule is C=C1c2cccc3c(Cl)ccc(c23)C(=C)N1CCC(C)C. The van der Waals surface area contributed by atoms with Gasteiger partial charge in [0.25, 0.3) is 0 Å². The van der Waals surface area contributed by atoms with E-state index in [0.29, 0.717) is 5.92 Å². The summed E-state index contributed by atoms with van der Waals surface area (Å²) >= 11 is 6.34. The first-order chi connectivity index (χ1) is 10.0. The fourth-order valence-electron chi connectivity index (χ4n) is 2.96. The van der Waals surface area contributed by atoms with Crippen LogP contribution in [-0.4, -0.2) is 11.4 Å². The van der Waals surface area contributed by atoms with E-state index in [-0.39, 0.29) is 0 Å². The molecule has 1 nitrogen and oxygen atoms in total. The van der Waals surface area contributed by atoms with Crippen molar-refractivity contribution in [2.75, 3.05) is 6.54 Å². The minimum atomic E-state index is 0.660.